The predicted molar refractivity (Wildman–Crippen MR) is 56.5 cm³/mol. The molecule has 1 heterocycles. The summed E-state index contributed by atoms with van der Waals surface area (Å²) in [5, 5.41) is 12.7. The minimum absolute atomic E-state index is 0.147. The van der Waals surface area contributed by atoms with Gasteiger partial charge >= 0.3 is 0 Å². The number of hydrogen-bond acceptors (Lipinski definition) is 3. The van der Waals surface area contributed by atoms with Crippen LogP contribution in [0.5, 0.6) is 5.75 Å². The first-order valence-electron chi connectivity index (χ1n) is 4.31. The number of phenolic OH excluding ortho intramolecular Hbond substituents is 1. The molecule has 13 heavy (non-hydrogen) atoms. The Morgan fingerprint density at radius 3 is 3.00 bits per heavy atom. The van der Waals surface area contributed by atoms with Crippen molar-refractivity contribution in [3.8, 4) is 5.75 Å². The number of rotatable bonds is 0. The Morgan fingerprint density at radius 1 is 1.46 bits per heavy atom. The number of aromatic hydroxyl groups is 1. The highest BCUT2D eigenvalue weighted by Crippen LogP contribution is 2.38. The molecule has 70 valence electrons. The lowest BCUT2D eigenvalue weighted by molar-refractivity contribution is 0.473. The number of phenols is 1. The third kappa shape index (κ3) is 1.75. The van der Waals surface area contributed by atoms with Gasteiger partial charge in [-0.25, -0.2) is 0 Å². The van der Waals surface area contributed by atoms with E-state index in [9.17, 15) is 5.11 Å². The summed E-state index contributed by atoms with van der Waals surface area (Å²) in [4.78, 5) is 1.14. The van der Waals surface area contributed by atoms with Gasteiger partial charge in [0, 0.05) is 21.9 Å². The van der Waals surface area contributed by atoms with Crippen LogP contribution in [-0.4, -0.2) is 16.4 Å². The molecule has 2 nitrogen and oxygen atoms in total. The van der Waals surface area contributed by atoms with Crippen molar-refractivity contribution in [3.05, 3.63) is 18.2 Å². The van der Waals surface area contributed by atoms with Gasteiger partial charge in [0.25, 0.3) is 0 Å². The lowest BCUT2D eigenvalue weighted by atomic mass is 10.1. The highest BCUT2D eigenvalue weighted by atomic mass is 32.2. The monoisotopic (exact) mass is 195 g/mol. The second-order valence-corrected chi connectivity index (χ2v) is 5.00. The molecular formula is C10H13NOS. The van der Waals surface area contributed by atoms with Crippen LogP contribution in [0.3, 0.4) is 0 Å². The first kappa shape index (κ1) is 8.75. The van der Waals surface area contributed by atoms with Gasteiger partial charge in [0.15, 0.2) is 0 Å². The second kappa shape index (κ2) is 2.84. The second-order valence-electron chi connectivity index (χ2n) is 3.98. The standard InChI is InChI=1S/C10H13NOS/c1-10(2)6-13-9-5-7(12)3-4-8(9)11-10/h3-5,11-12H,6H2,1-2H3. The highest BCUT2D eigenvalue weighted by molar-refractivity contribution is 7.99. The molecule has 1 aliphatic heterocycles. The normalized spacial score (nSPS) is 18.9. The molecule has 0 amide bonds. The SMILES string of the molecule is CC1(C)CSc2cc(O)ccc2N1. The largest absolute Gasteiger partial charge is 0.508 e. The quantitative estimate of drug-likeness (QED) is 0.624. The first-order valence-corrected chi connectivity index (χ1v) is 5.29. The van der Waals surface area contributed by atoms with Crippen LogP contribution in [0.25, 0.3) is 0 Å². The van der Waals surface area contributed by atoms with E-state index in [2.05, 4.69) is 19.2 Å². The van der Waals surface area contributed by atoms with Gasteiger partial charge in [-0.15, -0.1) is 11.8 Å². The fourth-order valence-electron chi connectivity index (χ4n) is 1.39. The number of thioether (sulfide) groups is 1. The van der Waals surface area contributed by atoms with E-state index in [4.69, 9.17) is 0 Å². The van der Waals surface area contributed by atoms with Crippen molar-refractivity contribution < 1.29 is 5.11 Å². The van der Waals surface area contributed by atoms with Crippen molar-refractivity contribution >= 4 is 17.4 Å². The smallest absolute Gasteiger partial charge is 0.116 e. The molecule has 0 bridgehead atoms. The number of benzene rings is 1. The molecule has 1 aromatic carbocycles. The molecule has 0 unspecified atom stereocenters. The molecular weight excluding hydrogens is 182 g/mol. The van der Waals surface area contributed by atoms with Crippen LogP contribution in [0.1, 0.15) is 13.8 Å². The van der Waals surface area contributed by atoms with Crippen molar-refractivity contribution in [2.75, 3.05) is 11.1 Å². The Balaban J connectivity index is 2.37. The van der Waals surface area contributed by atoms with E-state index in [0.717, 1.165) is 16.3 Å². The average Bonchev–Trinajstić information content (AvgIpc) is 2.05. The molecule has 0 saturated carbocycles. The van der Waals surface area contributed by atoms with Crippen molar-refractivity contribution in [2.45, 2.75) is 24.3 Å². The van der Waals surface area contributed by atoms with Gasteiger partial charge in [-0.1, -0.05) is 0 Å². The molecule has 2 N–H and O–H groups in total. The van der Waals surface area contributed by atoms with Crippen LogP contribution in [0.4, 0.5) is 5.69 Å². The molecule has 0 spiro atoms. The summed E-state index contributed by atoms with van der Waals surface area (Å²) in [6, 6.07) is 5.45. The Hall–Kier alpha value is -0.830. The summed E-state index contributed by atoms with van der Waals surface area (Å²) in [5.41, 5.74) is 1.27. The fourth-order valence-corrected chi connectivity index (χ4v) is 2.46. The van der Waals surface area contributed by atoms with Gasteiger partial charge in [0.1, 0.15) is 5.75 Å². The van der Waals surface area contributed by atoms with E-state index in [1.807, 2.05) is 12.1 Å². The van der Waals surface area contributed by atoms with Crippen LogP contribution in [0, 0.1) is 0 Å². The Kier molecular flexibility index (Phi) is 1.91. The minimum atomic E-state index is 0.147. The lowest BCUT2D eigenvalue weighted by Crippen LogP contribution is -2.36. The minimum Gasteiger partial charge on any atom is -0.508 e. The van der Waals surface area contributed by atoms with Gasteiger partial charge in [0.05, 0.1) is 0 Å². The van der Waals surface area contributed by atoms with Gasteiger partial charge in [-0.3, -0.25) is 0 Å². The van der Waals surface area contributed by atoms with Gasteiger partial charge < -0.3 is 10.4 Å². The summed E-state index contributed by atoms with van der Waals surface area (Å²) in [6.45, 7) is 4.35. The first-order chi connectivity index (χ1) is 6.07. The molecule has 0 fully saturated rings. The number of anilines is 1. The highest BCUT2D eigenvalue weighted by Gasteiger charge is 2.24. The van der Waals surface area contributed by atoms with Gasteiger partial charge in [0.2, 0.25) is 0 Å². The number of fused-ring (bicyclic) bond motifs is 1. The van der Waals surface area contributed by atoms with Crippen LogP contribution >= 0.6 is 11.8 Å². The van der Waals surface area contributed by atoms with E-state index in [0.29, 0.717) is 5.75 Å². The van der Waals surface area contributed by atoms with Crippen molar-refractivity contribution in [1.29, 1.82) is 0 Å². The van der Waals surface area contributed by atoms with Crippen LogP contribution in [0.2, 0.25) is 0 Å². The van der Waals surface area contributed by atoms with Crippen molar-refractivity contribution in [2.24, 2.45) is 0 Å². The number of nitrogens with one attached hydrogen (secondary N) is 1. The molecule has 0 radical (unpaired) electrons. The van der Waals surface area contributed by atoms with Gasteiger partial charge in [-0.05, 0) is 32.0 Å². The molecule has 1 aliphatic rings. The molecule has 0 aromatic heterocycles. The average molecular weight is 195 g/mol. The maximum atomic E-state index is 9.28. The number of hydrogen-bond donors (Lipinski definition) is 2. The fraction of sp³-hybridized carbons (Fsp3) is 0.400. The Bertz CT molecular complexity index is 336. The maximum absolute atomic E-state index is 9.28. The zero-order valence-corrected chi connectivity index (χ0v) is 8.61. The van der Waals surface area contributed by atoms with Gasteiger partial charge in [-0.2, -0.15) is 0 Å². The zero-order chi connectivity index (χ0) is 9.47. The maximum Gasteiger partial charge on any atom is 0.116 e. The Labute approximate surface area is 82.4 Å². The molecule has 0 aliphatic carbocycles. The third-order valence-electron chi connectivity index (χ3n) is 2.03. The third-order valence-corrected chi connectivity index (χ3v) is 3.54. The topological polar surface area (TPSA) is 32.3 Å². The molecule has 3 heteroatoms. The molecule has 1 aromatic rings. The summed E-state index contributed by atoms with van der Waals surface area (Å²) in [6.07, 6.45) is 0. The summed E-state index contributed by atoms with van der Waals surface area (Å²) < 4.78 is 0. The van der Waals surface area contributed by atoms with Crippen LogP contribution in [-0.2, 0) is 0 Å². The van der Waals surface area contributed by atoms with Crippen molar-refractivity contribution in [3.63, 3.8) is 0 Å². The Morgan fingerprint density at radius 2 is 2.23 bits per heavy atom. The lowest BCUT2D eigenvalue weighted by Gasteiger charge is -2.33. The van der Waals surface area contributed by atoms with E-state index in [-0.39, 0.29) is 5.54 Å². The van der Waals surface area contributed by atoms with Crippen molar-refractivity contribution in [1.82, 2.24) is 0 Å². The van der Waals surface area contributed by atoms with E-state index >= 15 is 0 Å². The summed E-state index contributed by atoms with van der Waals surface area (Å²) >= 11 is 1.79. The summed E-state index contributed by atoms with van der Waals surface area (Å²) in [7, 11) is 0. The van der Waals surface area contributed by atoms with E-state index in [1.54, 1.807) is 17.8 Å². The molecule has 2 rings (SSSR count). The van der Waals surface area contributed by atoms with Crippen LogP contribution in [0.15, 0.2) is 23.1 Å². The summed E-state index contributed by atoms with van der Waals surface area (Å²) in [5.74, 6) is 1.37. The van der Waals surface area contributed by atoms with E-state index in [1.165, 1.54) is 0 Å². The predicted octanol–water partition coefficient (Wildman–Crippen LogP) is 2.69. The molecule has 0 saturated heterocycles. The zero-order valence-electron chi connectivity index (χ0n) is 7.79. The van der Waals surface area contributed by atoms with Crippen LogP contribution < -0.4 is 5.32 Å². The molecule has 0 atom stereocenters. The van der Waals surface area contributed by atoms with E-state index < -0.39 is 0 Å².